The van der Waals surface area contributed by atoms with E-state index in [0.717, 1.165) is 0 Å². The molecule has 31 heavy (non-hydrogen) atoms. The van der Waals surface area contributed by atoms with Gasteiger partial charge < -0.3 is 37.6 Å². The smallest absolute Gasteiger partial charge is 0.326 e. The zero-order valence-corrected chi connectivity index (χ0v) is 18.1. The summed E-state index contributed by atoms with van der Waals surface area (Å²) in [5.74, 6) is -5.68. The number of carboxylic acids is 2. The first-order valence-corrected chi connectivity index (χ1v) is 10.7. The number of rotatable bonds is 15. The highest BCUT2D eigenvalue weighted by Gasteiger charge is 2.31. The molecule has 0 heterocycles. The zero-order chi connectivity index (χ0) is 24.1. The van der Waals surface area contributed by atoms with Crippen LogP contribution in [0.25, 0.3) is 0 Å². The fourth-order valence-electron chi connectivity index (χ4n) is 2.29. The molecular weight excluding hydrogens is 434 g/mol. The molecule has 0 aliphatic rings. The van der Waals surface area contributed by atoms with Crippen molar-refractivity contribution in [1.82, 2.24) is 16.0 Å². The second-order valence-electron chi connectivity index (χ2n) is 6.69. The van der Waals surface area contributed by atoms with Crippen molar-refractivity contribution in [2.75, 3.05) is 12.0 Å². The molecule has 4 amide bonds. The molecule has 0 saturated heterocycles. The van der Waals surface area contributed by atoms with Gasteiger partial charge in [-0.15, -0.1) is 0 Å². The van der Waals surface area contributed by atoms with E-state index in [1.54, 1.807) is 6.26 Å². The van der Waals surface area contributed by atoms with Crippen molar-refractivity contribution >= 4 is 47.3 Å². The monoisotopic (exact) mass is 463 g/mol. The molecule has 0 saturated carbocycles. The Labute approximate surface area is 183 Å². The van der Waals surface area contributed by atoms with Gasteiger partial charge in [0.1, 0.15) is 18.1 Å². The summed E-state index contributed by atoms with van der Waals surface area (Å²) in [6, 6.07) is -5.13. The summed E-state index contributed by atoms with van der Waals surface area (Å²) in [6.45, 7) is 1.35. The van der Waals surface area contributed by atoms with E-state index in [2.05, 4.69) is 16.0 Å². The van der Waals surface area contributed by atoms with Gasteiger partial charge in [-0.25, -0.2) is 4.79 Å². The fraction of sp³-hybridized carbons (Fsp3) is 0.647. The zero-order valence-electron chi connectivity index (χ0n) is 17.3. The summed E-state index contributed by atoms with van der Waals surface area (Å²) >= 11 is 1.37. The predicted octanol–water partition coefficient (Wildman–Crippen LogP) is -2.63. The van der Waals surface area contributed by atoms with E-state index in [4.69, 9.17) is 16.6 Å². The number of carboxylic acid groups (broad SMARTS) is 2. The minimum atomic E-state index is -1.53. The van der Waals surface area contributed by atoms with Gasteiger partial charge in [0.15, 0.2) is 0 Å². The number of primary amides is 1. The first-order chi connectivity index (χ1) is 14.4. The number of carbonyl (C=O) groups is 6. The molecule has 0 aliphatic heterocycles. The summed E-state index contributed by atoms with van der Waals surface area (Å²) in [6.07, 6.45) is 0.435. The van der Waals surface area contributed by atoms with Crippen LogP contribution in [0.1, 0.15) is 32.6 Å². The second-order valence-corrected chi connectivity index (χ2v) is 7.68. The molecular formula is C17H29N5O8S. The van der Waals surface area contributed by atoms with Crippen molar-refractivity contribution in [2.24, 2.45) is 11.5 Å². The standard InChI is InChI=1S/C17H29N5O8S/c1-8(18)14(26)20-9(3-4-13(24)25)15(27)22-11(7-12(19)23)16(28)21-10(17(29)30)5-6-31-2/h8-11H,3-7,18H2,1-2H3,(H2,19,23)(H,20,26)(H,21,28)(H,22,27)(H,24,25)(H,29,30). The third-order valence-corrected chi connectivity index (χ3v) is 4.60. The summed E-state index contributed by atoms with van der Waals surface area (Å²) in [7, 11) is 0. The van der Waals surface area contributed by atoms with Gasteiger partial charge in [-0.1, -0.05) is 0 Å². The maximum atomic E-state index is 12.6. The van der Waals surface area contributed by atoms with Crippen LogP contribution >= 0.6 is 11.8 Å². The Kier molecular flexibility index (Phi) is 12.9. The number of thioether (sulfide) groups is 1. The summed E-state index contributed by atoms with van der Waals surface area (Å²) < 4.78 is 0. The van der Waals surface area contributed by atoms with Crippen LogP contribution in [0.2, 0.25) is 0 Å². The average Bonchev–Trinajstić information content (AvgIpc) is 2.66. The van der Waals surface area contributed by atoms with Crippen LogP contribution in [-0.2, 0) is 28.8 Å². The number of hydrogen-bond donors (Lipinski definition) is 7. The maximum absolute atomic E-state index is 12.6. The summed E-state index contributed by atoms with van der Waals surface area (Å²) in [5.41, 5.74) is 10.6. The van der Waals surface area contributed by atoms with Crippen molar-refractivity contribution < 1.29 is 39.0 Å². The lowest BCUT2D eigenvalue weighted by Crippen LogP contribution is -2.57. The van der Waals surface area contributed by atoms with E-state index in [1.807, 2.05) is 0 Å². The number of nitrogens with one attached hydrogen (secondary N) is 3. The lowest BCUT2D eigenvalue weighted by molar-refractivity contribution is -0.142. The Morgan fingerprint density at radius 2 is 1.39 bits per heavy atom. The Balaban J connectivity index is 5.44. The minimum Gasteiger partial charge on any atom is -0.481 e. The van der Waals surface area contributed by atoms with Gasteiger partial charge in [0.2, 0.25) is 23.6 Å². The first kappa shape index (κ1) is 28.1. The van der Waals surface area contributed by atoms with Gasteiger partial charge in [0.05, 0.1) is 12.5 Å². The van der Waals surface area contributed by atoms with E-state index in [9.17, 15) is 33.9 Å². The summed E-state index contributed by atoms with van der Waals surface area (Å²) in [4.78, 5) is 70.5. The SMILES string of the molecule is CSCCC(NC(=O)C(CC(N)=O)NC(=O)C(CCC(=O)O)NC(=O)C(C)N)C(=O)O. The highest BCUT2D eigenvalue weighted by atomic mass is 32.2. The Bertz CT molecular complexity index is 687. The van der Waals surface area contributed by atoms with Crippen LogP contribution in [0, 0.1) is 0 Å². The van der Waals surface area contributed by atoms with E-state index in [0.29, 0.717) is 5.75 Å². The maximum Gasteiger partial charge on any atom is 0.326 e. The normalized spacial score (nSPS) is 14.4. The molecule has 9 N–H and O–H groups in total. The number of aliphatic carboxylic acids is 2. The van der Waals surface area contributed by atoms with E-state index in [-0.39, 0.29) is 12.8 Å². The average molecular weight is 464 g/mol. The van der Waals surface area contributed by atoms with Crippen molar-refractivity contribution in [3.8, 4) is 0 Å². The number of amides is 4. The Morgan fingerprint density at radius 1 is 0.871 bits per heavy atom. The number of hydrogen-bond acceptors (Lipinski definition) is 8. The Hall–Kier alpha value is -2.87. The lowest BCUT2D eigenvalue weighted by Gasteiger charge is -2.24. The largest absolute Gasteiger partial charge is 0.481 e. The molecule has 0 aromatic heterocycles. The third-order valence-electron chi connectivity index (χ3n) is 3.96. The molecule has 176 valence electrons. The molecule has 14 heteroatoms. The topological polar surface area (TPSA) is 231 Å². The van der Waals surface area contributed by atoms with Gasteiger partial charge in [-0.2, -0.15) is 11.8 Å². The molecule has 13 nitrogen and oxygen atoms in total. The van der Waals surface area contributed by atoms with Crippen LogP contribution in [0.15, 0.2) is 0 Å². The molecule has 0 aliphatic carbocycles. The predicted molar refractivity (Wildman–Crippen MR) is 111 cm³/mol. The Morgan fingerprint density at radius 3 is 1.84 bits per heavy atom. The van der Waals surface area contributed by atoms with Crippen LogP contribution in [-0.4, -0.2) is 82.0 Å². The highest BCUT2D eigenvalue weighted by molar-refractivity contribution is 7.98. The van der Waals surface area contributed by atoms with Gasteiger partial charge in [0, 0.05) is 6.42 Å². The number of nitrogens with two attached hydrogens (primary N) is 2. The molecule has 4 unspecified atom stereocenters. The highest BCUT2D eigenvalue weighted by Crippen LogP contribution is 2.05. The van der Waals surface area contributed by atoms with Crippen LogP contribution < -0.4 is 27.4 Å². The fourth-order valence-corrected chi connectivity index (χ4v) is 2.76. The quantitative estimate of drug-likeness (QED) is 0.133. The van der Waals surface area contributed by atoms with Crippen molar-refractivity contribution in [1.29, 1.82) is 0 Å². The van der Waals surface area contributed by atoms with Crippen molar-refractivity contribution in [3.63, 3.8) is 0 Å². The molecule has 4 atom stereocenters. The van der Waals surface area contributed by atoms with E-state index < -0.39 is 72.6 Å². The first-order valence-electron chi connectivity index (χ1n) is 9.27. The minimum absolute atomic E-state index is 0.102. The second kappa shape index (κ2) is 14.2. The molecule has 0 fully saturated rings. The van der Waals surface area contributed by atoms with Crippen molar-refractivity contribution in [3.05, 3.63) is 0 Å². The van der Waals surface area contributed by atoms with Crippen LogP contribution in [0.4, 0.5) is 0 Å². The van der Waals surface area contributed by atoms with Gasteiger partial charge in [0.25, 0.3) is 0 Å². The van der Waals surface area contributed by atoms with E-state index in [1.165, 1.54) is 18.7 Å². The van der Waals surface area contributed by atoms with Gasteiger partial charge in [-0.05, 0) is 31.8 Å². The summed E-state index contributed by atoms with van der Waals surface area (Å²) in [5, 5.41) is 24.8. The van der Waals surface area contributed by atoms with E-state index >= 15 is 0 Å². The lowest BCUT2D eigenvalue weighted by atomic mass is 10.1. The van der Waals surface area contributed by atoms with Crippen LogP contribution in [0.3, 0.4) is 0 Å². The van der Waals surface area contributed by atoms with Crippen LogP contribution in [0.5, 0.6) is 0 Å². The van der Waals surface area contributed by atoms with Gasteiger partial charge in [-0.3, -0.25) is 24.0 Å². The van der Waals surface area contributed by atoms with Gasteiger partial charge >= 0.3 is 11.9 Å². The molecule has 0 spiro atoms. The molecule has 0 bridgehead atoms. The number of carbonyl (C=O) groups excluding carboxylic acids is 4. The molecule has 0 rings (SSSR count). The molecule has 0 radical (unpaired) electrons. The van der Waals surface area contributed by atoms with Crippen molar-refractivity contribution in [2.45, 2.75) is 56.8 Å². The molecule has 0 aromatic rings. The molecule has 0 aromatic carbocycles. The third kappa shape index (κ3) is 11.8.